The molecule has 5 heteroatoms. The number of hydrogen-bond donors (Lipinski definition) is 1. The van der Waals surface area contributed by atoms with Gasteiger partial charge in [0, 0.05) is 32.5 Å². The molecule has 18 heavy (non-hydrogen) atoms. The summed E-state index contributed by atoms with van der Waals surface area (Å²) in [6.45, 7) is 5.74. The number of hydrogen-bond acceptors (Lipinski definition) is 4. The zero-order chi connectivity index (χ0) is 13.0. The van der Waals surface area contributed by atoms with E-state index in [-0.39, 0.29) is 5.56 Å². The molecule has 5 nitrogen and oxygen atoms in total. The standard InChI is InChI=1S/C13H22N4O/c1-3-17-9-8-15-12(13(17)18)16(2)10-11-4-6-14-7-5-11/h8-9,11,14H,3-7,10H2,1-2H3. The van der Waals surface area contributed by atoms with Crippen molar-refractivity contribution in [3.8, 4) is 0 Å². The molecule has 0 spiro atoms. The average molecular weight is 250 g/mol. The number of piperidine rings is 1. The Morgan fingerprint density at radius 1 is 1.50 bits per heavy atom. The van der Waals surface area contributed by atoms with Crippen LogP contribution in [0, 0.1) is 5.92 Å². The molecule has 0 amide bonds. The molecule has 0 saturated carbocycles. The molecule has 0 radical (unpaired) electrons. The monoisotopic (exact) mass is 250 g/mol. The third-order valence-corrected chi connectivity index (χ3v) is 3.59. The lowest BCUT2D eigenvalue weighted by atomic mass is 9.98. The van der Waals surface area contributed by atoms with Crippen molar-refractivity contribution in [3.63, 3.8) is 0 Å². The Morgan fingerprint density at radius 3 is 2.89 bits per heavy atom. The first-order chi connectivity index (χ1) is 8.72. The van der Waals surface area contributed by atoms with Crippen molar-refractivity contribution in [2.75, 3.05) is 31.6 Å². The van der Waals surface area contributed by atoms with Gasteiger partial charge in [0.25, 0.3) is 5.56 Å². The fraction of sp³-hybridized carbons (Fsp3) is 0.692. The molecular formula is C13H22N4O. The molecule has 2 rings (SSSR count). The Labute approximate surface area is 108 Å². The molecule has 0 aliphatic carbocycles. The SMILES string of the molecule is CCn1ccnc(N(C)CC2CCNCC2)c1=O. The second-order valence-electron chi connectivity index (χ2n) is 4.92. The van der Waals surface area contributed by atoms with Crippen LogP contribution < -0.4 is 15.8 Å². The fourth-order valence-electron chi connectivity index (χ4n) is 2.48. The van der Waals surface area contributed by atoms with Gasteiger partial charge in [-0.25, -0.2) is 4.98 Å². The lowest BCUT2D eigenvalue weighted by Crippen LogP contribution is -2.37. The van der Waals surface area contributed by atoms with Crippen molar-refractivity contribution in [1.82, 2.24) is 14.9 Å². The summed E-state index contributed by atoms with van der Waals surface area (Å²) in [5.41, 5.74) is 0.0106. The van der Waals surface area contributed by atoms with Gasteiger partial charge in [-0.15, -0.1) is 0 Å². The lowest BCUT2D eigenvalue weighted by Gasteiger charge is -2.27. The molecule has 1 N–H and O–H groups in total. The molecule has 1 saturated heterocycles. The van der Waals surface area contributed by atoms with E-state index in [9.17, 15) is 4.79 Å². The van der Waals surface area contributed by atoms with Crippen molar-refractivity contribution in [1.29, 1.82) is 0 Å². The quantitative estimate of drug-likeness (QED) is 0.854. The Morgan fingerprint density at radius 2 is 2.22 bits per heavy atom. The minimum absolute atomic E-state index is 0.0106. The molecule has 2 heterocycles. The molecular weight excluding hydrogens is 228 g/mol. The lowest BCUT2D eigenvalue weighted by molar-refractivity contribution is 0.377. The van der Waals surface area contributed by atoms with E-state index in [0.29, 0.717) is 18.3 Å². The summed E-state index contributed by atoms with van der Waals surface area (Å²) in [5.74, 6) is 1.23. The number of nitrogens with one attached hydrogen (secondary N) is 1. The predicted octanol–water partition coefficient (Wildman–Crippen LogP) is 0.699. The van der Waals surface area contributed by atoms with E-state index in [1.165, 1.54) is 12.8 Å². The smallest absolute Gasteiger partial charge is 0.293 e. The van der Waals surface area contributed by atoms with Crippen LogP contribution in [-0.2, 0) is 6.54 Å². The van der Waals surface area contributed by atoms with Crippen LogP contribution in [0.15, 0.2) is 17.2 Å². The van der Waals surface area contributed by atoms with E-state index in [4.69, 9.17) is 0 Å². The van der Waals surface area contributed by atoms with E-state index >= 15 is 0 Å². The van der Waals surface area contributed by atoms with E-state index in [1.54, 1.807) is 17.0 Å². The third-order valence-electron chi connectivity index (χ3n) is 3.59. The van der Waals surface area contributed by atoms with E-state index in [0.717, 1.165) is 19.6 Å². The van der Waals surface area contributed by atoms with Gasteiger partial charge in [0.15, 0.2) is 5.82 Å². The highest BCUT2D eigenvalue weighted by Gasteiger charge is 2.17. The molecule has 1 aromatic heterocycles. The number of nitrogens with zero attached hydrogens (tertiary/aromatic N) is 3. The summed E-state index contributed by atoms with van der Waals surface area (Å²) < 4.78 is 1.70. The molecule has 1 fully saturated rings. The van der Waals surface area contributed by atoms with E-state index in [2.05, 4.69) is 10.3 Å². The minimum atomic E-state index is 0.0106. The molecule has 0 unspecified atom stereocenters. The largest absolute Gasteiger partial charge is 0.355 e. The number of anilines is 1. The maximum Gasteiger partial charge on any atom is 0.293 e. The van der Waals surface area contributed by atoms with Crippen molar-refractivity contribution in [2.45, 2.75) is 26.3 Å². The minimum Gasteiger partial charge on any atom is -0.355 e. The van der Waals surface area contributed by atoms with Crippen LogP contribution in [0.2, 0.25) is 0 Å². The van der Waals surface area contributed by atoms with Crippen molar-refractivity contribution >= 4 is 5.82 Å². The van der Waals surface area contributed by atoms with Gasteiger partial charge in [-0.05, 0) is 38.8 Å². The normalized spacial score (nSPS) is 16.8. The average Bonchev–Trinajstić information content (AvgIpc) is 2.40. The summed E-state index contributed by atoms with van der Waals surface area (Å²) in [4.78, 5) is 18.4. The second kappa shape index (κ2) is 6.00. The van der Waals surface area contributed by atoms with Crippen LogP contribution in [0.4, 0.5) is 5.82 Å². The van der Waals surface area contributed by atoms with Crippen molar-refractivity contribution in [2.24, 2.45) is 5.92 Å². The second-order valence-corrected chi connectivity index (χ2v) is 4.92. The van der Waals surface area contributed by atoms with Crippen LogP contribution in [0.25, 0.3) is 0 Å². The fourth-order valence-corrected chi connectivity index (χ4v) is 2.48. The summed E-state index contributed by atoms with van der Waals surface area (Å²) >= 11 is 0. The number of rotatable bonds is 4. The summed E-state index contributed by atoms with van der Waals surface area (Å²) in [7, 11) is 1.96. The van der Waals surface area contributed by atoms with Gasteiger partial charge < -0.3 is 14.8 Å². The molecule has 1 aliphatic heterocycles. The summed E-state index contributed by atoms with van der Waals surface area (Å²) in [5, 5.41) is 3.36. The van der Waals surface area contributed by atoms with Gasteiger partial charge in [0.2, 0.25) is 0 Å². The van der Waals surface area contributed by atoms with Gasteiger partial charge in [-0.2, -0.15) is 0 Å². The molecule has 0 aromatic carbocycles. The Kier molecular flexibility index (Phi) is 4.36. The number of aryl methyl sites for hydroxylation is 1. The highest BCUT2D eigenvalue weighted by Crippen LogP contribution is 2.14. The molecule has 1 aromatic rings. The first-order valence-corrected chi connectivity index (χ1v) is 6.69. The summed E-state index contributed by atoms with van der Waals surface area (Å²) in [6, 6.07) is 0. The van der Waals surface area contributed by atoms with Crippen LogP contribution in [0.5, 0.6) is 0 Å². The summed E-state index contributed by atoms with van der Waals surface area (Å²) in [6.07, 6.45) is 5.81. The van der Waals surface area contributed by atoms with Crippen LogP contribution in [0.1, 0.15) is 19.8 Å². The van der Waals surface area contributed by atoms with Crippen LogP contribution >= 0.6 is 0 Å². The zero-order valence-corrected chi connectivity index (χ0v) is 11.2. The third kappa shape index (κ3) is 2.90. The molecule has 100 valence electrons. The van der Waals surface area contributed by atoms with Crippen LogP contribution in [0.3, 0.4) is 0 Å². The highest BCUT2D eigenvalue weighted by atomic mass is 16.1. The predicted molar refractivity (Wildman–Crippen MR) is 73.0 cm³/mol. The zero-order valence-electron chi connectivity index (χ0n) is 11.2. The van der Waals surface area contributed by atoms with E-state index < -0.39 is 0 Å². The maximum absolute atomic E-state index is 12.1. The van der Waals surface area contributed by atoms with Gasteiger partial charge in [-0.3, -0.25) is 4.79 Å². The molecule has 0 atom stereocenters. The van der Waals surface area contributed by atoms with Crippen LogP contribution in [-0.4, -0.2) is 36.2 Å². The van der Waals surface area contributed by atoms with Gasteiger partial charge >= 0.3 is 0 Å². The molecule has 0 bridgehead atoms. The first-order valence-electron chi connectivity index (χ1n) is 6.69. The highest BCUT2D eigenvalue weighted by molar-refractivity contribution is 5.34. The maximum atomic E-state index is 12.1. The van der Waals surface area contributed by atoms with Crippen molar-refractivity contribution in [3.05, 3.63) is 22.7 Å². The van der Waals surface area contributed by atoms with Gasteiger partial charge in [0.05, 0.1) is 0 Å². The Bertz CT molecular complexity index is 437. The van der Waals surface area contributed by atoms with Crippen molar-refractivity contribution < 1.29 is 0 Å². The van der Waals surface area contributed by atoms with Gasteiger partial charge in [0.1, 0.15) is 0 Å². The number of aromatic nitrogens is 2. The van der Waals surface area contributed by atoms with Gasteiger partial charge in [-0.1, -0.05) is 0 Å². The van der Waals surface area contributed by atoms with E-state index in [1.807, 2.05) is 18.9 Å². The molecule has 1 aliphatic rings. The Balaban J connectivity index is 2.08. The topological polar surface area (TPSA) is 50.2 Å². The first kappa shape index (κ1) is 13.1. The Hall–Kier alpha value is -1.36.